The van der Waals surface area contributed by atoms with Gasteiger partial charge in [-0.15, -0.1) is 0 Å². The van der Waals surface area contributed by atoms with Gasteiger partial charge in [-0.1, -0.05) is 60.1 Å². The summed E-state index contributed by atoms with van der Waals surface area (Å²) < 4.78 is 11.9. The lowest BCUT2D eigenvalue weighted by atomic mass is 10.0. The van der Waals surface area contributed by atoms with Crippen LogP contribution in [0.15, 0.2) is 78.9 Å². The van der Waals surface area contributed by atoms with Crippen LogP contribution in [0.3, 0.4) is 0 Å². The number of likely N-dealkylation sites (tertiary alicyclic amines) is 1. The largest absolute Gasteiger partial charge is 0.493 e. The Bertz CT molecular complexity index is 1090. The molecule has 1 aliphatic heterocycles. The minimum Gasteiger partial charge on any atom is -0.493 e. The molecule has 2 amide bonds. The molecule has 0 aromatic heterocycles. The van der Waals surface area contributed by atoms with Crippen molar-refractivity contribution in [2.45, 2.75) is 31.4 Å². The molecule has 0 aliphatic carbocycles. The lowest BCUT2D eigenvalue weighted by Gasteiger charge is -2.33. The second-order valence-electron chi connectivity index (χ2n) is 8.68. The number of hydrogen-bond donors (Lipinski definition) is 2. The smallest absolute Gasteiger partial charge is 0.319 e. The molecule has 0 saturated carbocycles. The Morgan fingerprint density at radius 2 is 1.71 bits per heavy atom. The number of benzene rings is 3. The van der Waals surface area contributed by atoms with Crippen molar-refractivity contribution in [3.05, 3.63) is 89.4 Å². The molecule has 1 heterocycles. The summed E-state index contributed by atoms with van der Waals surface area (Å²) in [5.41, 5.74) is 1.84. The van der Waals surface area contributed by atoms with Crippen LogP contribution < -0.4 is 20.1 Å². The first-order valence-corrected chi connectivity index (χ1v) is 12.4. The first kappa shape index (κ1) is 24.9. The van der Waals surface area contributed by atoms with E-state index in [1.54, 1.807) is 19.2 Å². The lowest BCUT2D eigenvalue weighted by Crippen LogP contribution is -2.46. The molecule has 1 atom stereocenters. The van der Waals surface area contributed by atoms with Crippen molar-refractivity contribution in [2.75, 3.05) is 32.1 Å². The van der Waals surface area contributed by atoms with Gasteiger partial charge in [0.2, 0.25) is 0 Å². The monoisotopic (exact) mass is 493 g/mol. The van der Waals surface area contributed by atoms with Crippen molar-refractivity contribution >= 4 is 23.3 Å². The van der Waals surface area contributed by atoms with E-state index in [1.165, 1.54) is 0 Å². The van der Waals surface area contributed by atoms with Gasteiger partial charge in [0.05, 0.1) is 7.11 Å². The van der Waals surface area contributed by atoms with Gasteiger partial charge in [-0.25, -0.2) is 4.79 Å². The number of halogens is 1. The number of nitrogens with one attached hydrogen (secondary N) is 2. The third-order valence-corrected chi connectivity index (χ3v) is 6.46. The number of rotatable bonds is 9. The zero-order chi connectivity index (χ0) is 24.5. The maximum Gasteiger partial charge on any atom is 0.319 e. The number of methoxy groups -OCH3 is 1. The number of nitrogens with zero attached hydrogens (tertiary/aromatic N) is 1. The molecule has 4 rings (SSSR count). The van der Waals surface area contributed by atoms with Crippen LogP contribution in [-0.2, 0) is 0 Å². The van der Waals surface area contributed by atoms with Crippen LogP contribution in [0.5, 0.6) is 11.5 Å². The molecule has 35 heavy (non-hydrogen) atoms. The van der Waals surface area contributed by atoms with Crippen LogP contribution in [0.1, 0.15) is 30.9 Å². The molecular formula is C28H32ClN3O3. The summed E-state index contributed by atoms with van der Waals surface area (Å²) >= 11 is 6.00. The first-order valence-electron chi connectivity index (χ1n) is 12.0. The van der Waals surface area contributed by atoms with Crippen molar-refractivity contribution in [1.82, 2.24) is 10.2 Å². The molecule has 1 saturated heterocycles. The number of hydrogen-bond acceptors (Lipinski definition) is 4. The van der Waals surface area contributed by atoms with Gasteiger partial charge in [-0.05, 0) is 48.7 Å². The standard InChI is InChI=1S/C28H32ClN3O3/c1-34-26-12-5-6-13-27(26)35-25(21-8-3-2-4-9-21)16-19-32-17-14-23(15-18-32)30-28(33)31-24-11-7-10-22(29)20-24/h2-13,20,23,25H,14-19H2,1H3,(H2,30,31,33). The van der Waals surface area contributed by atoms with Gasteiger partial charge in [0, 0.05) is 42.8 Å². The Kier molecular flexibility index (Phi) is 8.87. The number of carbonyl (C=O) groups excluding carboxylic acids is 1. The van der Waals surface area contributed by atoms with Crippen molar-refractivity contribution in [3.63, 3.8) is 0 Å². The Morgan fingerprint density at radius 3 is 2.43 bits per heavy atom. The van der Waals surface area contributed by atoms with Gasteiger partial charge in [-0.2, -0.15) is 0 Å². The highest BCUT2D eigenvalue weighted by Gasteiger charge is 2.23. The van der Waals surface area contributed by atoms with Crippen molar-refractivity contribution < 1.29 is 14.3 Å². The zero-order valence-electron chi connectivity index (χ0n) is 20.0. The van der Waals surface area contributed by atoms with Crippen LogP contribution in [0, 0.1) is 0 Å². The average Bonchev–Trinajstić information content (AvgIpc) is 2.88. The van der Waals surface area contributed by atoms with E-state index in [0.29, 0.717) is 10.7 Å². The van der Waals surface area contributed by atoms with Crippen molar-refractivity contribution in [2.24, 2.45) is 0 Å². The van der Waals surface area contributed by atoms with Gasteiger partial charge >= 0.3 is 6.03 Å². The number of piperidine rings is 1. The quantitative estimate of drug-likeness (QED) is 0.375. The summed E-state index contributed by atoms with van der Waals surface area (Å²) in [4.78, 5) is 14.8. The highest BCUT2D eigenvalue weighted by atomic mass is 35.5. The molecule has 3 aromatic rings. The first-order chi connectivity index (χ1) is 17.1. The van der Waals surface area contributed by atoms with E-state index in [9.17, 15) is 4.79 Å². The average molecular weight is 494 g/mol. The number of urea groups is 1. The summed E-state index contributed by atoms with van der Waals surface area (Å²) in [6.07, 6.45) is 2.60. The highest BCUT2D eigenvalue weighted by molar-refractivity contribution is 6.30. The predicted molar refractivity (Wildman–Crippen MR) is 140 cm³/mol. The highest BCUT2D eigenvalue weighted by Crippen LogP contribution is 2.32. The summed E-state index contributed by atoms with van der Waals surface area (Å²) in [5.74, 6) is 1.48. The van der Waals surface area contributed by atoms with E-state index in [1.807, 2.05) is 54.6 Å². The fourth-order valence-corrected chi connectivity index (χ4v) is 4.54. The van der Waals surface area contributed by atoms with E-state index in [0.717, 1.165) is 56.0 Å². The van der Waals surface area contributed by atoms with Gasteiger partial charge in [0.1, 0.15) is 6.10 Å². The van der Waals surface area contributed by atoms with E-state index >= 15 is 0 Å². The molecule has 2 N–H and O–H groups in total. The minimum atomic E-state index is -0.194. The number of anilines is 1. The molecule has 1 unspecified atom stereocenters. The van der Waals surface area contributed by atoms with Crippen LogP contribution in [-0.4, -0.2) is 43.7 Å². The Labute approximate surface area is 212 Å². The molecule has 6 nitrogen and oxygen atoms in total. The molecule has 1 fully saturated rings. The molecule has 0 radical (unpaired) electrons. The van der Waals surface area contributed by atoms with Crippen LogP contribution in [0.2, 0.25) is 5.02 Å². The third-order valence-electron chi connectivity index (χ3n) is 6.22. The topological polar surface area (TPSA) is 62.8 Å². The van der Waals surface area contributed by atoms with Gasteiger partial charge < -0.3 is 25.0 Å². The van der Waals surface area contributed by atoms with E-state index in [4.69, 9.17) is 21.1 Å². The Morgan fingerprint density at radius 1 is 1.00 bits per heavy atom. The maximum atomic E-state index is 12.4. The molecular weight excluding hydrogens is 462 g/mol. The van der Waals surface area contributed by atoms with Gasteiger partial charge in [-0.3, -0.25) is 0 Å². The normalized spacial score (nSPS) is 15.3. The molecule has 0 spiro atoms. The van der Waals surface area contributed by atoms with Crippen molar-refractivity contribution in [1.29, 1.82) is 0 Å². The van der Waals surface area contributed by atoms with Gasteiger partial charge in [0.15, 0.2) is 11.5 Å². The number of para-hydroxylation sites is 2. The fourth-order valence-electron chi connectivity index (χ4n) is 4.35. The fraction of sp³-hybridized carbons (Fsp3) is 0.321. The molecule has 3 aromatic carbocycles. The molecule has 0 bridgehead atoms. The second kappa shape index (κ2) is 12.5. The number of ether oxygens (including phenoxy) is 2. The second-order valence-corrected chi connectivity index (χ2v) is 9.12. The third kappa shape index (κ3) is 7.38. The van der Waals surface area contributed by atoms with Crippen LogP contribution in [0.4, 0.5) is 10.5 Å². The Hall–Kier alpha value is -3.22. The summed E-state index contributed by atoms with van der Waals surface area (Å²) in [6, 6.07) is 25.2. The van der Waals surface area contributed by atoms with E-state index in [2.05, 4.69) is 27.7 Å². The minimum absolute atomic E-state index is 0.0770. The molecule has 1 aliphatic rings. The summed E-state index contributed by atoms with van der Waals surface area (Å²) in [6.45, 7) is 2.77. The van der Waals surface area contributed by atoms with E-state index in [-0.39, 0.29) is 18.2 Å². The zero-order valence-corrected chi connectivity index (χ0v) is 20.7. The van der Waals surface area contributed by atoms with Gasteiger partial charge in [0.25, 0.3) is 0 Å². The Balaban J connectivity index is 1.28. The van der Waals surface area contributed by atoms with E-state index < -0.39 is 0 Å². The summed E-state index contributed by atoms with van der Waals surface area (Å²) in [5, 5.41) is 6.54. The summed E-state index contributed by atoms with van der Waals surface area (Å²) in [7, 11) is 1.66. The van der Waals surface area contributed by atoms with Crippen molar-refractivity contribution in [3.8, 4) is 11.5 Å². The lowest BCUT2D eigenvalue weighted by molar-refractivity contribution is 0.141. The number of carbonyl (C=O) groups is 1. The molecule has 184 valence electrons. The SMILES string of the molecule is COc1ccccc1OC(CCN1CCC(NC(=O)Nc2cccc(Cl)c2)CC1)c1ccccc1. The van der Waals surface area contributed by atoms with Crippen LogP contribution >= 0.6 is 11.6 Å². The molecule has 7 heteroatoms. The maximum absolute atomic E-state index is 12.4. The van der Waals surface area contributed by atoms with Crippen LogP contribution in [0.25, 0.3) is 0 Å². The number of amides is 2. The predicted octanol–water partition coefficient (Wildman–Crippen LogP) is 6.14.